The van der Waals surface area contributed by atoms with E-state index in [1.165, 1.54) is 6.20 Å². The number of rotatable bonds is 1. The average molecular weight is 281 g/mol. The second-order valence-electron chi connectivity index (χ2n) is 4.86. The van der Waals surface area contributed by atoms with E-state index in [2.05, 4.69) is 19.9 Å². The van der Waals surface area contributed by atoms with Gasteiger partial charge >= 0.3 is 5.69 Å². The van der Waals surface area contributed by atoms with Crippen molar-refractivity contribution in [1.29, 1.82) is 0 Å². The van der Waals surface area contributed by atoms with E-state index in [0.29, 0.717) is 5.82 Å². The predicted octanol–water partition coefficient (Wildman–Crippen LogP) is 1.51. The van der Waals surface area contributed by atoms with Gasteiger partial charge in [0.15, 0.2) is 0 Å². The van der Waals surface area contributed by atoms with Crippen molar-refractivity contribution in [2.24, 2.45) is 7.05 Å². The number of benzene rings is 1. The minimum Gasteiger partial charge on any atom is -0.493 e. The van der Waals surface area contributed by atoms with Crippen LogP contribution in [0.5, 0.6) is 5.88 Å². The largest absolute Gasteiger partial charge is 0.493 e. The van der Waals surface area contributed by atoms with Gasteiger partial charge in [-0.25, -0.2) is 14.8 Å². The van der Waals surface area contributed by atoms with Crippen molar-refractivity contribution in [3.8, 4) is 17.3 Å². The number of imidazole rings is 2. The van der Waals surface area contributed by atoms with Crippen molar-refractivity contribution in [3.63, 3.8) is 0 Å². The molecule has 0 spiro atoms. The molecule has 0 aliphatic rings. The first-order valence-corrected chi connectivity index (χ1v) is 6.36. The number of pyridine rings is 1. The second-order valence-corrected chi connectivity index (χ2v) is 4.86. The molecule has 1 aromatic carbocycles. The first-order chi connectivity index (χ1) is 10.1. The Morgan fingerprint density at radius 2 is 2.05 bits per heavy atom. The van der Waals surface area contributed by atoms with Crippen LogP contribution in [0.4, 0.5) is 0 Å². The number of fused-ring (bicyclic) bond motifs is 2. The van der Waals surface area contributed by atoms with Gasteiger partial charge < -0.3 is 15.1 Å². The zero-order valence-electron chi connectivity index (χ0n) is 11.1. The average Bonchev–Trinajstić information content (AvgIpc) is 2.99. The number of hydrogen-bond donors (Lipinski definition) is 3. The van der Waals surface area contributed by atoms with E-state index >= 15 is 0 Å². The number of hydrogen-bond acceptors (Lipinski definition) is 4. The van der Waals surface area contributed by atoms with Gasteiger partial charge in [0, 0.05) is 24.9 Å². The first-order valence-electron chi connectivity index (χ1n) is 6.36. The van der Waals surface area contributed by atoms with Gasteiger partial charge in [-0.1, -0.05) is 0 Å². The molecule has 3 aromatic heterocycles. The molecule has 0 aliphatic heterocycles. The van der Waals surface area contributed by atoms with Crippen molar-refractivity contribution in [2.45, 2.75) is 0 Å². The Labute approximate surface area is 117 Å². The van der Waals surface area contributed by atoms with Crippen LogP contribution in [0.25, 0.3) is 33.5 Å². The lowest BCUT2D eigenvalue weighted by molar-refractivity contribution is 0.454. The lowest BCUT2D eigenvalue weighted by Gasteiger charge is -1.95. The summed E-state index contributed by atoms with van der Waals surface area (Å²) in [6.07, 6.45) is 1.52. The van der Waals surface area contributed by atoms with Crippen molar-refractivity contribution >= 4 is 22.1 Å². The molecule has 3 N–H and O–H groups in total. The van der Waals surface area contributed by atoms with E-state index in [1.807, 2.05) is 12.1 Å². The number of nitrogens with one attached hydrogen (secondary N) is 2. The standard InChI is InChI=1S/C14H11N5O2/c1-19-11-6-9-8(5-10(11)18-14(19)21)16-13(17-9)7-2-3-15-12(20)4-7/h2-6H,1H3,(H,15,20)(H,16,17)(H,18,21). The van der Waals surface area contributed by atoms with Crippen LogP contribution in [-0.4, -0.2) is 29.6 Å². The van der Waals surface area contributed by atoms with Crippen LogP contribution in [0.1, 0.15) is 0 Å². The highest BCUT2D eigenvalue weighted by molar-refractivity contribution is 5.92. The zero-order chi connectivity index (χ0) is 14.6. The summed E-state index contributed by atoms with van der Waals surface area (Å²) in [7, 11) is 1.71. The Balaban J connectivity index is 1.98. The normalized spacial score (nSPS) is 11.5. The third-order valence-corrected chi connectivity index (χ3v) is 3.53. The van der Waals surface area contributed by atoms with Crippen LogP contribution in [0, 0.1) is 0 Å². The topological polar surface area (TPSA) is 99.6 Å². The fourth-order valence-corrected chi connectivity index (χ4v) is 2.43. The van der Waals surface area contributed by atoms with Gasteiger partial charge in [0.05, 0.1) is 22.1 Å². The van der Waals surface area contributed by atoms with E-state index in [0.717, 1.165) is 27.6 Å². The molecule has 3 heterocycles. The van der Waals surface area contributed by atoms with Gasteiger partial charge in [-0.3, -0.25) is 4.57 Å². The molecule has 4 aromatic rings. The number of aryl methyl sites for hydroxylation is 1. The highest BCUT2D eigenvalue weighted by Crippen LogP contribution is 2.24. The highest BCUT2D eigenvalue weighted by atomic mass is 16.3. The molecule has 0 fully saturated rings. The van der Waals surface area contributed by atoms with E-state index in [-0.39, 0.29) is 11.6 Å². The summed E-state index contributed by atoms with van der Waals surface area (Å²) in [5, 5.41) is 9.44. The SMILES string of the molecule is Cn1c(=O)[nH]c2cc3[nH]c(-c4ccnc(O)c4)nc3cc21. The van der Waals surface area contributed by atoms with E-state index < -0.39 is 0 Å². The molecule has 0 aliphatic carbocycles. The van der Waals surface area contributed by atoms with Gasteiger partial charge in [-0.15, -0.1) is 0 Å². The van der Waals surface area contributed by atoms with Crippen molar-refractivity contribution in [3.05, 3.63) is 40.9 Å². The molecule has 0 unspecified atom stereocenters. The molecule has 7 nitrogen and oxygen atoms in total. The van der Waals surface area contributed by atoms with Crippen LogP contribution in [-0.2, 0) is 7.05 Å². The number of aromatic hydroxyl groups is 1. The van der Waals surface area contributed by atoms with Crippen LogP contribution < -0.4 is 5.69 Å². The molecular formula is C14H11N5O2. The van der Waals surface area contributed by atoms with Crippen molar-refractivity contribution in [2.75, 3.05) is 0 Å². The van der Waals surface area contributed by atoms with Gasteiger partial charge in [-0.2, -0.15) is 0 Å². The summed E-state index contributed by atoms with van der Waals surface area (Å²) in [4.78, 5) is 25.8. The summed E-state index contributed by atoms with van der Waals surface area (Å²) < 4.78 is 1.54. The maximum absolute atomic E-state index is 11.6. The Kier molecular flexibility index (Phi) is 2.20. The van der Waals surface area contributed by atoms with E-state index in [1.54, 1.807) is 23.7 Å². The fourth-order valence-electron chi connectivity index (χ4n) is 2.43. The summed E-state index contributed by atoms with van der Waals surface area (Å²) in [5.74, 6) is 0.586. The summed E-state index contributed by atoms with van der Waals surface area (Å²) >= 11 is 0. The molecule has 0 amide bonds. The zero-order valence-corrected chi connectivity index (χ0v) is 11.1. The Hall–Kier alpha value is -3.09. The maximum atomic E-state index is 11.6. The van der Waals surface area contributed by atoms with Gasteiger partial charge in [0.25, 0.3) is 0 Å². The van der Waals surface area contributed by atoms with Crippen LogP contribution >= 0.6 is 0 Å². The molecule has 0 radical (unpaired) electrons. The summed E-state index contributed by atoms with van der Waals surface area (Å²) in [5.41, 5.74) is 3.71. The smallest absolute Gasteiger partial charge is 0.326 e. The third-order valence-electron chi connectivity index (χ3n) is 3.53. The van der Waals surface area contributed by atoms with E-state index in [9.17, 15) is 9.90 Å². The van der Waals surface area contributed by atoms with Crippen LogP contribution in [0.2, 0.25) is 0 Å². The minimum absolute atomic E-state index is 0.0533. The predicted molar refractivity (Wildman–Crippen MR) is 78.1 cm³/mol. The molecule has 21 heavy (non-hydrogen) atoms. The molecule has 104 valence electrons. The second kappa shape index (κ2) is 3.95. The highest BCUT2D eigenvalue weighted by Gasteiger charge is 2.10. The van der Waals surface area contributed by atoms with Crippen LogP contribution in [0.3, 0.4) is 0 Å². The molecule has 4 rings (SSSR count). The lowest BCUT2D eigenvalue weighted by Crippen LogP contribution is -2.11. The quantitative estimate of drug-likeness (QED) is 0.492. The molecule has 0 saturated heterocycles. The number of aromatic amines is 2. The van der Waals surface area contributed by atoms with Gasteiger partial charge in [0.2, 0.25) is 5.88 Å². The molecule has 0 saturated carbocycles. The van der Waals surface area contributed by atoms with Crippen LogP contribution in [0.15, 0.2) is 35.3 Å². The number of aromatic nitrogens is 5. The summed E-state index contributed by atoms with van der Waals surface area (Å²) in [6.45, 7) is 0. The Bertz CT molecular complexity index is 1040. The molecular weight excluding hydrogens is 270 g/mol. The summed E-state index contributed by atoms with van der Waals surface area (Å²) in [6, 6.07) is 7.01. The molecule has 0 atom stereocenters. The first kappa shape index (κ1) is 11.7. The number of nitrogens with zero attached hydrogens (tertiary/aromatic N) is 3. The monoisotopic (exact) mass is 281 g/mol. The maximum Gasteiger partial charge on any atom is 0.326 e. The molecule has 0 bridgehead atoms. The lowest BCUT2D eigenvalue weighted by atomic mass is 10.2. The van der Waals surface area contributed by atoms with Crippen molar-refractivity contribution in [1.82, 2.24) is 24.5 Å². The van der Waals surface area contributed by atoms with Gasteiger partial charge in [-0.05, 0) is 18.2 Å². The van der Waals surface area contributed by atoms with Crippen molar-refractivity contribution < 1.29 is 5.11 Å². The third kappa shape index (κ3) is 1.71. The fraction of sp³-hybridized carbons (Fsp3) is 0.0714. The number of H-pyrrole nitrogens is 2. The van der Waals surface area contributed by atoms with E-state index in [4.69, 9.17) is 0 Å². The minimum atomic E-state index is -0.156. The molecule has 7 heteroatoms. The Morgan fingerprint density at radius 1 is 1.19 bits per heavy atom. The van der Waals surface area contributed by atoms with Gasteiger partial charge in [0.1, 0.15) is 5.82 Å². The Morgan fingerprint density at radius 3 is 2.86 bits per heavy atom.